The molecule has 2 N–H and O–H groups in total. The molecule has 0 aliphatic heterocycles. The number of nitrogens with zero attached hydrogens (tertiary/aromatic N) is 1. The summed E-state index contributed by atoms with van der Waals surface area (Å²) in [6.45, 7) is 2.48. The van der Waals surface area contributed by atoms with E-state index in [1.54, 1.807) is 11.8 Å². The van der Waals surface area contributed by atoms with Crippen LogP contribution in [0.4, 0.5) is 0 Å². The Kier molecular flexibility index (Phi) is 5.60. The first-order chi connectivity index (χ1) is 14.4. The van der Waals surface area contributed by atoms with Crippen LogP contribution in [0.5, 0.6) is 0 Å². The quantitative estimate of drug-likeness (QED) is 0.583. The molecule has 0 radical (unpaired) electrons. The minimum absolute atomic E-state index is 0.0514. The molecule has 1 aliphatic rings. The molecule has 1 unspecified atom stereocenters. The lowest BCUT2D eigenvalue weighted by Crippen LogP contribution is -2.42. The van der Waals surface area contributed by atoms with Gasteiger partial charge in [0.1, 0.15) is 6.54 Å². The van der Waals surface area contributed by atoms with Gasteiger partial charge in [-0.3, -0.25) is 9.59 Å². The third-order valence-electron chi connectivity index (χ3n) is 6.15. The topological polar surface area (TPSA) is 71.3 Å². The minimum Gasteiger partial charge on any atom is -0.480 e. The molecular formula is C24H26N2O3S. The predicted molar refractivity (Wildman–Crippen MR) is 120 cm³/mol. The number of nitrogens with one attached hydrogen (secondary N) is 1. The number of para-hydroxylation sites is 1. The maximum atomic E-state index is 13.2. The third-order valence-corrected chi connectivity index (χ3v) is 6.99. The van der Waals surface area contributed by atoms with Gasteiger partial charge in [0.15, 0.2) is 0 Å². The second-order valence-corrected chi connectivity index (χ2v) is 9.00. The van der Waals surface area contributed by atoms with Crippen molar-refractivity contribution in [2.24, 2.45) is 5.41 Å². The zero-order chi connectivity index (χ0) is 21.3. The Morgan fingerprint density at radius 3 is 2.67 bits per heavy atom. The largest absolute Gasteiger partial charge is 0.480 e. The summed E-state index contributed by atoms with van der Waals surface area (Å²) in [6, 6.07) is 16.0. The van der Waals surface area contributed by atoms with Crippen LogP contribution in [-0.4, -0.2) is 27.8 Å². The van der Waals surface area contributed by atoms with Crippen LogP contribution in [0.2, 0.25) is 0 Å². The average molecular weight is 423 g/mol. The number of thioether (sulfide) groups is 1. The van der Waals surface area contributed by atoms with Crippen LogP contribution in [0.25, 0.3) is 10.9 Å². The molecule has 156 valence electrons. The van der Waals surface area contributed by atoms with Gasteiger partial charge in [0.2, 0.25) is 5.91 Å². The summed E-state index contributed by atoms with van der Waals surface area (Å²) in [7, 11) is 0. The van der Waals surface area contributed by atoms with E-state index >= 15 is 0 Å². The van der Waals surface area contributed by atoms with Gasteiger partial charge in [0, 0.05) is 28.0 Å². The van der Waals surface area contributed by atoms with E-state index in [9.17, 15) is 14.7 Å². The number of hydrogen-bond donors (Lipinski definition) is 2. The number of aromatic nitrogens is 1. The molecule has 0 saturated heterocycles. The fraction of sp³-hybridized carbons (Fsp3) is 0.333. The first-order valence-corrected chi connectivity index (χ1v) is 11.4. The summed E-state index contributed by atoms with van der Waals surface area (Å²) in [5.41, 5.74) is 3.70. The van der Waals surface area contributed by atoms with Crippen LogP contribution in [0, 0.1) is 5.41 Å². The summed E-state index contributed by atoms with van der Waals surface area (Å²) < 4.78 is 1.90. The lowest BCUT2D eigenvalue weighted by Gasteiger charge is -2.33. The fourth-order valence-electron chi connectivity index (χ4n) is 4.53. The van der Waals surface area contributed by atoms with Gasteiger partial charge in [0.05, 0.1) is 5.41 Å². The van der Waals surface area contributed by atoms with Crippen molar-refractivity contribution >= 4 is 34.5 Å². The highest BCUT2D eigenvalue weighted by Gasteiger charge is 2.39. The second kappa shape index (κ2) is 8.19. The van der Waals surface area contributed by atoms with Crippen LogP contribution in [0.15, 0.2) is 53.4 Å². The summed E-state index contributed by atoms with van der Waals surface area (Å²) >= 11 is 1.68. The molecular weight excluding hydrogens is 396 g/mol. The van der Waals surface area contributed by atoms with E-state index in [1.807, 2.05) is 60.2 Å². The smallest absolute Gasteiger partial charge is 0.323 e. The van der Waals surface area contributed by atoms with Crippen LogP contribution < -0.4 is 5.32 Å². The molecule has 1 amide bonds. The third kappa shape index (κ3) is 3.72. The van der Waals surface area contributed by atoms with Gasteiger partial charge >= 0.3 is 5.97 Å². The fourth-order valence-corrected chi connectivity index (χ4v) is 5.15. The van der Waals surface area contributed by atoms with Gasteiger partial charge in [-0.25, -0.2) is 0 Å². The molecule has 0 bridgehead atoms. The number of fused-ring (bicyclic) bond motifs is 3. The molecule has 0 saturated carbocycles. The number of carbonyl (C=O) groups is 2. The summed E-state index contributed by atoms with van der Waals surface area (Å²) in [4.78, 5) is 25.8. The Balaban J connectivity index is 1.59. The highest BCUT2D eigenvalue weighted by atomic mass is 32.2. The van der Waals surface area contributed by atoms with Gasteiger partial charge < -0.3 is 15.0 Å². The SMILES string of the molecule is CSc1ccccc1CNC(=O)C1(C)CCc2c(c3ccccc3n2CC(=O)O)C1. The van der Waals surface area contributed by atoms with Crippen LogP contribution >= 0.6 is 11.8 Å². The van der Waals surface area contributed by atoms with Crippen molar-refractivity contribution in [1.29, 1.82) is 0 Å². The maximum absolute atomic E-state index is 13.2. The number of hydrogen-bond acceptors (Lipinski definition) is 3. The molecule has 2 aromatic carbocycles. The van der Waals surface area contributed by atoms with E-state index in [0.29, 0.717) is 25.8 Å². The molecule has 1 atom stereocenters. The number of amides is 1. The van der Waals surface area contributed by atoms with Crippen molar-refractivity contribution in [2.45, 2.75) is 44.2 Å². The van der Waals surface area contributed by atoms with E-state index in [2.05, 4.69) is 11.4 Å². The lowest BCUT2D eigenvalue weighted by atomic mass is 9.73. The zero-order valence-electron chi connectivity index (χ0n) is 17.3. The Hall–Kier alpha value is -2.73. The number of carbonyl (C=O) groups excluding carboxylic acids is 1. The number of carboxylic acids is 1. The minimum atomic E-state index is -0.850. The molecule has 1 aliphatic carbocycles. The highest BCUT2D eigenvalue weighted by molar-refractivity contribution is 7.98. The van der Waals surface area contributed by atoms with Crippen molar-refractivity contribution in [3.8, 4) is 0 Å². The van der Waals surface area contributed by atoms with Gasteiger partial charge in [-0.1, -0.05) is 43.3 Å². The van der Waals surface area contributed by atoms with Gasteiger partial charge in [-0.2, -0.15) is 0 Å². The number of rotatable bonds is 6. The first-order valence-electron chi connectivity index (χ1n) is 10.1. The number of benzene rings is 2. The standard InChI is InChI=1S/C24H26N2O3S/c1-24(23(29)25-14-16-7-3-6-10-21(16)30-2)12-11-20-18(13-24)17-8-4-5-9-19(17)26(20)15-22(27)28/h3-10H,11-15H2,1-2H3,(H,25,29)(H,27,28). The summed E-state index contributed by atoms with van der Waals surface area (Å²) in [5, 5.41) is 13.6. The molecule has 4 rings (SSSR count). The van der Waals surface area contributed by atoms with Crippen LogP contribution in [0.1, 0.15) is 30.2 Å². The van der Waals surface area contributed by atoms with E-state index < -0.39 is 11.4 Å². The average Bonchev–Trinajstić information content (AvgIpc) is 3.04. The Morgan fingerprint density at radius 1 is 1.17 bits per heavy atom. The van der Waals surface area contributed by atoms with E-state index in [0.717, 1.165) is 27.7 Å². The Labute approximate surface area is 180 Å². The lowest BCUT2D eigenvalue weighted by molar-refractivity contribution is -0.137. The van der Waals surface area contributed by atoms with Crippen LogP contribution in [0.3, 0.4) is 0 Å². The monoisotopic (exact) mass is 422 g/mol. The van der Waals surface area contributed by atoms with Gasteiger partial charge in [0.25, 0.3) is 0 Å². The van der Waals surface area contributed by atoms with Crippen LogP contribution in [-0.2, 0) is 35.5 Å². The van der Waals surface area contributed by atoms with Gasteiger partial charge in [-0.15, -0.1) is 11.8 Å². The highest BCUT2D eigenvalue weighted by Crippen LogP contribution is 2.40. The van der Waals surface area contributed by atoms with E-state index in [-0.39, 0.29) is 12.5 Å². The molecule has 1 heterocycles. The molecule has 0 spiro atoms. The van der Waals surface area contributed by atoms with Crippen molar-refractivity contribution < 1.29 is 14.7 Å². The van der Waals surface area contributed by atoms with Gasteiger partial charge in [-0.05, 0) is 48.8 Å². The number of carboxylic acid groups (broad SMARTS) is 1. The van der Waals surface area contributed by atoms with E-state index in [4.69, 9.17) is 0 Å². The molecule has 0 fully saturated rings. The second-order valence-electron chi connectivity index (χ2n) is 8.15. The predicted octanol–water partition coefficient (Wildman–Crippen LogP) is 4.26. The molecule has 6 heteroatoms. The first kappa shape index (κ1) is 20.5. The van der Waals surface area contributed by atoms with Crippen molar-refractivity contribution in [1.82, 2.24) is 9.88 Å². The van der Waals surface area contributed by atoms with E-state index in [1.165, 1.54) is 4.90 Å². The molecule has 30 heavy (non-hydrogen) atoms. The molecule has 1 aromatic heterocycles. The summed E-state index contributed by atoms with van der Waals surface area (Å²) in [6.07, 6.45) is 4.05. The van der Waals surface area contributed by atoms with Crippen molar-refractivity contribution in [3.05, 3.63) is 65.4 Å². The number of aliphatic carboxylic acids is 1. The Morgan fingerprint density at radius 2 is 1.90 bits per heavy atom. The zero-order valence-corrected chi connectivity index (χ0v) is 18.1. The Bertz CT molecular complexity index is 1120. The molecule has 5 nitrogen and oxygen atoms in total. The summed E-state index contributed by atoms with van der Waals surface area (Å²) in [5.74, 6) is -0.795. The normalized spacial score (nSPS) is 18.2. The van der Waals surface area contributed by atoms with Crippen molar-refractivity contribution in [3.63, 3.8) is 0 Å². The molecule has 3 aromatic rings. The maximum Gasteiger partial charge on any atom is 0.323 e. The van der Waals surface area contributed by atoms with Crippen molar-refractivity contribution in [2.75, 3.05) is 6.26 Å².